The van der Waals surface area contributed by atoms with Crippen LogP contribution in [0.4, 0.5) is 37.7 Å². The lowest BCUT2D eigenvalue weighted by Gasteiger charge is -2.30. The molecule has 15 heteroatoms. The van der Waals surface area contributed by atoms with E-state index in [4.69, 9.17) is 5.14 Å². The lowest BCUT2D eigenvalue weighted by molar-refractivity contribution is -0.137. The number of nitrogens with zero attached hydrogens (tertiary/aromatic N) is 1. The van der Waals surface area contributed by atoms with Crippen LogP contribution in [-0.2, 0) is 32.4 Å². The second-order valence-electron chi connectivity index (χ2n) is 8.17. The fourth-order valence-corrected chi connectivity index (χ4v) is 6.34. The molecule has 0 amide bonds. The maximum atomic E-state index is 14.2. The topological polar surface area (TPSA) is 118 Å². The summed E-state index contributed by atoms with van der Waals surface area (Å²) in [6, 6.07) is 10.6. The van der Waals surface area contributed by atoms with E-state index in [9.17, 15) is 48.3 Å². The number of phenols is 1. The molecule has 3 N–H and O–H groups in total. The van der Waals surface area contributed by atoms with E-state index in [1.165, 1.54) is 0 Å². The Hall–Kier alpha value is -3.82. The van der Waals surface area contributed by atoms with Gasteiger partial charge in [-0.15, -0.1) is 0 Å². The van der Waals surface area contributed by atoms with Crippen molar-refractivity contribution in [3.05, 3.63) is 90.0 Å². The minimum Gasteiger partial charge on any atom is -0.508 e. The quantitative estimate of drug-likeness (QED) is 0.287. The summed E-state index contributed by atoms with van der Waals surface area (Å²) in [5.41, 5.74) is -5.53. The second-order valence-corrected chi connectivity index (χ2v) is 11.5. The Kier molecular flexibility index (Phi) is 6.82. The first-order valence-electron chi connectivity index (χ1n) is 10.6. The molecular weight excluding hydrogens is 574 g/mol. The molecule has 0 aliphatic rings. The second kappa shape index (κ2) is 9.43. The van der Waals surface area contributed by atoms with Gasteiger partial charge in [-0.3, -0.25) is 0 Å². The number of anilines is 2. The summed E-state index contributed by atoms with van der Waals surface area (Å²) in [6.45, 7) is 0. The van der Waals surface area contributed by atoms with E-state index >= 15 is 0 Å². The lowest BCUT2D eigenvalue weighted by atomic mass is 10.1. The number of para-hydroxylation sites is 2. The number of aromatic hydroxyl groups is 1. The molecule has 4 aromatic rings. The largest absolute Gasteiger partial charge is 0.508 e. The van der Waals surface area contributed by atoms with E-state index < -0.39 is 70.4 Å². The zero-order chi connectivity index (χ0) is 29.0. The molecule has 4 rings (SSSR count). The number of fused-ring (bicyclic) bond motifs is 1. The van der Waals surface area contributed by atoms with Gasteiger partial charge < -0.3 is 5.11 Å². The zero-order valence-electron chi connectivity index (χ0n) is 19.2. The van der Waals surface area contributed by atoms with E-state index in [0.29, 0.717) is 30.3 Å². The highest BCUT2D eigenvalue weighted by molar-refractivity contribution is 7.93. The summed E-state index contributed by atoms with van der Waals surface area (Å²) in [5, 5.41) is 14.6. The van der Waals surface area contributed by atoms with Gasteiger partial charge in [0.15, 0.2) is 0 Å². The first-order chi connectivity index (χ1) is 17.9. The molecule has 7 nitrogen and oxygen atoms in total. The molecule has 0 radical (unpaired) electrons. The highest BCUT2D eigenvalue weighted by Gasteiger charge is 2.43. The molecule has 0 aliphatic carbocycles. The Bertz CT molecular complexity index is 1750. The van der Waals surface area contributed by atoms with Crippen molar-refractivity contribution < 1.29 is 48.3 Å². The van der Waals surface area contributed by atoms with E-state index in [-0.39, 0.29) is 15.1 Å². The van der Waals surface area contributed by atoms with Crippen molar-refractivity contribution in [3.63, 3.8) is 0 Å². The third kappa shape index (κ3) is 5.37. The average Bonchev–Trinajstić information content (AvgIpc) is 2.82. The molecule has 0 fully saturated rings. The highest BCUT2D eigenvalue weighted by Crippen LogP contribution is 2.46. The van der Waals surface area contributed by atoms with Crippen LogP contribution in [0.15, 0.2) is 88.7 Å². The van der Waals surface area contributed by atoms with Gasteiger partial charge in [0.05, 0.1) is 32.3 Å². The number of nitrogens with two attached hydrogens (primary N) is 1. The molecule has 0 saturated carbocycles. The van der Waals surface area contributed by atoms with Gasteiger partial charge in [-0.2, -0.15) is 26.3 Å². The molecule has 0 atom stereocenters. The Morgan fingerprint density at radius 2 is 1.18 bits per heavy atom. The maximum Gasteiger partial charge on any atom is 0.418 e. The zero-order valence-corrected chi connectivity index (χ0v) is 20.8. The summed E-state index contributed by atoms with van der Waals surface area (Å²) in [6.07, 6.45) is -10.4. The van der Waals surface area contributed by atoms with Crippen molar-refractivity contribution in [2.75, 3.05) is 4.31 Å². The van der Waals surface area contributed by atoms with Gasteiger partial charge >= 0.3 is 12.4 Å². The van der Waals surface area contributed by atoms with Crippen molar-refractivity contribution >= 4 is 42.2 Å². The third-order valence-corrected chi connectivity index (χ3v) is 8.24. The van der Waals surface area contributed by atoms with Crippen molar-refractivity contribution in [3.8, 4) is 5.75 Å². The Morgan fingerprint density at radius 3 is 1.64 bits per heavy atom. The molecule has 0 heterocycles. The van der Waals surface area contributed by atoms with Crippen LogP contribution in [0.25, 0.3) is 10.8 Å². The van der Waals surface area contributed by atoms with Crippen molar-refractivity contribution in [1.82, 2.24) is 0 Å². The van der Waals surface area contributed by atoms with Crippen LogP contribution < -0.4 is 9.44 Å². The number of alkyl halides is 6. The van der Waals surface area contributed by atoms with Crippen molar-refractivity contribution in [2.45, 2.75) is 22.1 Å². The molecule has 0 aromatic heterocycles. The summed E-state index contributed by atoms with van der Waals surface area (Å²) in [5.74, 6) is -0.514. The number of hydrogen-bond acceptors (Lipinski definition) is 5. The van der Waals surface area contributed by atoms with Crippen LogP contribution in [0.2, 0.25) is 0 Å². The molecule has 0 aliphatic heterocycles. The van der Waals surface area contributed by atoms with Gasteiger partial charge in [-0.25, -0.2) is 26.3 Å². The summed E-state index contributed by atoms with van der Waals surface area (Å²) in [4.78, 5) is -1.80. The van der Waals surface area contributed by atoms with E-state index in [0.717, 1.165) is 48.5 Å². The average molecular weight is 591 g/mol. The van der Waals surface area contributed by atoms with E-state index in [2.05, 4.69) is 0 Å². The number of primary sulfonamides is 1. The van der Waals surface area contributed by atoms with Gasteiger partial charge in [-0.1, -0.05) is 30.3 Å². The lowest BCUT2D eigenvalue weighted by Crippen LogP contribution is -2.31. The minimum absolute atomic E-state index is 0.133. The molecule has 0 bridgehead atoms. The van der Waals surface area contributed by atoms with Crippen LogP contribution in [-0.4, -0.2) is 21.9 Å². The number of benzene rings is 4. The Labute approximate surface area is 217 Å². The van der Waals surface area contributed by atoms with Crippen molar-refractivity contribution in [2.24, 2.45) is 5.14 Å². The Balaban J connectivity index is 2.20. The predicted octanol–water partition coefficient (Wildman–Crippen LogP) is 5.76. The molecule has 4 aromatic carbocycles. The fourth-order valence-electron chi connectivity index (χ4n) is 3.93. The minimum atomic E-state index is -5.50. The van der Waals surface area contributed by atoms with Gasteiger partial charge in [0.25, 0.3) is 10.0 Å². The van der Waals surface area contributed by atoms with Gasteiger partial charge in [0.1, 0.15) is 5.75 Å². The number of hydrogen-bond donors (Lipinski definition) is 2. The van der Waals surface area contributed by atoms with Crippen LogP contribution >= 0.6 is 0 Å². The molecule has 39 heavy (non-hydrogen) atoms. The molecule has 0 saturated heterocycles. The number of phenolic OH excluding ortho intramolecular Hbond substituents is 1. The third-order valence-electron chi connectivity index (χ3n) is 5.58. The summed E-state index contributed by atoms with van der Waals surface area (Å²) in [7, 11) is -10.1. The number of rotatable bonds is 5. The molecule has 206 valence electrons. The number of sulfonamides is 2. The maximum absolute atomic E-state index is 14.2. The SMILES string of the molecule is NS(=O)(=O)c1cc(S(=O)(=O)N(c2ccccc2C(F)(F)F)c2ccccc2C(F)(F)F)c2cc(O)ccc2c1. The van der Waals surface area contributed by atoms with Crippen molar-refractivity contribution in [1.29, 1.82) is 0 Å². The predicted molar refractivity (Wildman–Crippen MR) is 129 cm³/mol. The van der Waals surface area contributed by atoms with Gasteiger partial charge in [0, 0.05) is 5.39 Å². The molecule has 0 spiro atoms. The Morgan fingerprint density at radius 1 is 0.692 bits per heavy atom. The summed E-state index contributed by atoms with van der Waals surface area (Å²) >= 11 is 0. The first kappa shape index (κ1) is 28.2. The highest BCUT2D eigenvalue weighted by atomic mass is 32.2. The van der Waals surface area contributed by atoms with Gasteiger partial charge in [0.2, 0.25) is 10.0 Å². The van der Waals surface area contributed by atoms with Crippen LogP contribution in [0.1, 0.15) is 11.1 Å². The standard InChI is InChI=1S/C24H16F6N2O5S2/c25-23(26,27)18-5-1-3-7-20(18)32(21-8-4-2-6-19(21)24(28,29)30)39(36,37)22-13-16(38(31,34)35)11-14-9-10-15(33)12-17(14)22/h1-13,33H,(H2,31,34,35). The summed E-state index contributed by atoms with van der Waals surface area (Å²) < 4.78 is 136. The van der Waals surface area contributed by atoms with Gasteiger partial charge in [-0.05, 0) is 53.9 Å². The molecular formula is C24H16F6N2O5S2. The molecule has 0 unspecified atom stereocenters. The van der Waals surface area contributed by atoms with Crippen LogP contribution in [0, 0.1) is 0 Å². The fraction of sp³-hybridized carbons (Fsp3) is 0.0833. The number of halogens is 6. The van der Waals surface area contributed by atoms with Crippen LogP contribution in [0.3, 0.4) is 0 Å². The first-order valence-corrected chi connectivity index (χ1v) is 13.6. The van der Waals surface area contributed by atoms with Crippen LogP contribution in [0.5, 0.6) is 5.75 Å². The smallest absolute Gasteiger partial charge is 0.418 e. The van der Waals surface area contributed by atoms with E-state index in [1.54, 1.807) is 0 Å². The normalized spacial score (nSPS) is 13.0. The van der Waals surface area contributed by atoms with E-state index in [1.807, 2.05) is 0 Å². The monoisotopic (exact) mass is 590 g/mol.